The van der Waals surface area contributed by atoms with Crippen molar-refractivity contribution in [2.24, 2.45) is 5.41 Å². The Hall–Kier alpha value is -1.68. The largest absolute Gasteiger partial charge is 0.481 e. The fourth-order valence-corrected chi connectivity index (χ4v) is 3.18. The molecule has 0 radical (unpaired) electrons. The summed E-state index contributed by atoms with van der Waals surface area (Å²) in [5.74, 6) is -1.88. The Morgan fingerprint density at radius 3 is 2.62 bits per heavy atom. The van der Waals surface area contributed by atoms with E-state index >= 15 is 0 Å². The average molecular weight is 324 g/mol. The van der Waals surface area contributed by atoms with Crippen molar-refractivity contribution < 1.29 is 28.0 Å². The highest BCUT2D eigenvalue weighted by Gasteiger charge is 2.63. The Balaban J connectivity index is 2.11. The minimum atomic E-state index is -4.82. The number of aliphatic carboxylic acids is 1. The maximum absolute atomic E-state index is 13.0. The molecule has 1 fully saturated rings. The fourth-order valence-electron chi connectivity index (χ4n) is 2.32. The highest BCUT2D eigenvalue weighted by atomic mass is 32.1. The molecule has 1 aromatic rings. The second kappa shape index (κ2) is 5.26. The van der Waals surface area contributed by atoms with Crippen molar-refractivity contribution in [3.8, 4) is 0 Å². The van der Waals surface area contributed by atoms with Crippen LogP contribution in [0.4, 0.5) is 18.2 Å². The van der Waals surface area contributed by atoms with Crippen LogP contribution in [0.1, 0.15) is 11.3 Å². The number of thiophene rings is 1. The lowest BCUT2D eigenvalue weighted by Gasteiger charge is -2.27. The Bertz CT molecular complexity index is 574. The third kappa shape index (κ3) is 2.86. The zero-order valence-electron chi connectivity index (χ0n) is 10.6. The molecule has 1 aliphatic heterocycles. The number of nitrogens with zero attached hydrogens (tertiary/aromatic N) is 2. The molecule has 1 aromatic heterocycles. The minimum absolute atomic E-state index is 0.0164. The third-order valence-electron chi connectivity index (χ3n) is 3.51. The van der Waals surface area contributed by atoms with Gasteiger partial charge in [-0.1, -0.05) is 11.3 Å². The Morgan fingerprint density at radius 1 is 1.52 bits per heavy atom. The first-order chi connectivity index (χ1) is 9.65. The topological polar surface area (TPSA) is 83.7 Å². The molecule has 0 saturated carbocycles. The van der Waals surface area contributed by atoms with Crippen molar-refractivity contribution in [2.45, 2.75) is 19.1 Å². The molecule has 1 atom stereocenters. The maximum atomic E-state index is 13.0. The van der Waals surface area contributed by atoms with Crippen LogP contribution in [0.25, 0.3) is 0 Å². The molecule has 2 rings (SSSR count). The second-order valence-corrected chi connectivity index (χ2v) is 5.99. The molecule has 2 heterocycles. The quantitative estimate of drug-likeness (QED) is 0.679. The molecule has 1 saturated heterocycles. The number of halogens is 3. The number of carbonyl (C=O) groups is 1. The molecule has 0 bridgehead atoms. The number of hydrogen-bond acceptors (Lipinski definition) is 5. The van der Waals surface area contributed by atoms with Crippen LogP contribution in [0.3, 0.4) is 0 Å². The SMILES string of the molecule is O=C(O)C1(C(F)(F)F)CCN(Cc2ccc([N+](=O)[O-])s2)C1. The van der Waals surface area contributed by atoms with Crippen LogP contribution < -0.4 is 0 Å². The summed E-state index contributed by atoms with van der Waals surface area (Å²) in [6, 6.07) is 2.75. The molecule has 0 aromatic carbocycles. The van der Waals surface area contributed by atoms with Crippen molar-refractivity contribution in [1.82, 2.24) is 4.90 Å². The van der Waals surface area contributed by atoms with Gasteiger partial charge < -0.3 is 5.11 Å². The number of likely N-dealkylation sites (tertiary alicyclic amines) is 1. The van der Waals surface area contributed by atoms with Gasteiger partial charge in [0.1, 0.15) is 0 Å². The molecule has 116 valence electrons. The normalized spacial score (nSPS) is 23.4. The van der Waals surface area contributed by atoms with Crippen LogP contribution in [0.2, 0.25) is 0 Å². The van der Waals surface area contributed by atoms with Crippen molar-refractivity contribution in [2.75, 3.05) is 13.1 Å². The molecule has 1 unspecified atom stereocenters. The molecule has 10 heteroatoms. The predicted molar refractivity (Wildman–Crippen MR) is 67.0 cm³/mol. The maximum Gasteiger partial charge on any atom is 0.406 e. The minimum Gasteiger partial charge on any atom is -0.481 e. The van der Waals surface area contributed by atoms with Gasteiger partial charge in [-0.05, 0) is 12.5 Å². The first kappa shape index (κ1) is 15.7. The van der Waals surface area contributed by atoms with Gasteiger partial charge in [0, 0.05) is 30.6 Å². The monoisotopic (exact) mass is 324 g/mol. The van der Waals surface area contributed by atoms with E-state index in [0.29, 0.717) is 4.88 Å². The molecular formula is C11H11F3N2O4S. The number of nitro groups is 1. The second-order valence-electron chi connectivity index (χ2n) is 4.84. The van der Waals surface area contributed by atoms with E-state index in [9.17, 15) is 28.1 Å². The first-order valence-electron chi connectivity index (χ1n) is 5.91. The van der Waals surface area contributed by atoms with E-state index < -0.39 is 35.4 Å². The molecule has 1 N–H and O–H groups in total. The first-order valence-corrected chi connectivity index (χ1v) is 6.73. The van der Waals surface area contributed by atoms with Gasteiger partial charge in [-0.25, -0.2) is 0 Å². The lowest BCUT2D eigenvalue weighted by atomic mass is 9.86. The standard InChI is InChI=1S/C11H11F3N2O4S/c12-11(13,14)10(9(17)18)3-4-15(6-10)5-7-1-2-8(21-7)16(19)20/h1-2H,3-6H2,(H,17,18). The molecule has 0 aliphatic carbocycles. The highest BCUT2D eigenvalue weighted by molar-refractivity contribution is 7.15. The van der Waals surface area contributed by atoms with Gasteiger partial charge in [0.05, 0.1) is 4.92 Å². The van der Waals surface area contributed by atoms with E-state index in [1.165, 1.54) is 17.0 Å². The van der Waals surface area contributed by atoms with Crippen molar-refractivity contribution in [1.29, 1.82) is 0 Å². The summed E-state index contributed by atoms with van der Waals surface area (Å²) >= 11 is 0.874. The van der Waals surface area contributed by atoms with E-state index in [1.807, 2.05) is 0 Å². The van der Waals surface area contributed by atoms with Gasteiger partial charge in [0.15, 0.2) is 5.41 Å². The van der Waals surface area contributed by atoms with Gasteiger partial charge in [-0.3, -0.25) is 19.8 Å². The molecular weight excluding hydrogens is 313 g/mol. The summed E-state index contributed by atoms with van der Waals surface area (Å²) < 4.78 is 39.0. The Labute approximate surface area is 120 Å². The van der Waals surface area contributed by atoms with Crippen LogP contribution in [0, 0.1) is 15.5 Å². The number of hydrogen-bond donors (Lipinski definition) is 1. The lowest BCUT2D eigenvalue weighted by molar-refractivity contribution is -0.380. The summed E-state index contributed by atoms with van der Waals surface area (Å²) in [5.41, 5.74) is -2.75. The van der Waals surface area contributed by atoms with Gasteiger partial charge in [-0.15, -0.1) is 0 Å². The molecule has 21 heavy (non-hydrogen) atoms. The van der Waals surface area contributed by atoms with E-state index in [-0.39, 0.29) is 18.1 Å². The molecule has 0 amide bonds. The zero-order chi connectivity index (χ0) is 15.8. The van der Waals surface area contributed by atoms with Gasteiger partial charge >= 0.3 is 17.1 Å². The van der Waals surface area contributed by atoms with Gasteiger partial charge in [0.25, 0.3) is 0 Å². The number of rotatable bonds is 4. The number of alkyl halides is 3. The van der Waals surface area contributed by atoms with E-state index in [1.54, 1.807) is 0 Å². The number of carboxylic acids is 1. The fraction of sp³-hybridized carbons (Fsp3) is 0.545. The van der Waals surface area contributed by atoms with Crippen LogP contribution in [-0.2, 0) is 11.3 Å². The average Bonchev–Trinajstić information content (AvgIpc) is 2.95. The number of carboxylic acid groups (broad SMARTS) is 1. The zero-order valence-corrected chi connectivity index (χ0v) is 11.4. The summed E-state index contributed by atoms with van der Waals surface area (Å²) in [7, 11) is 0. The van der Waals surface area contributed by atoms with Crippen LogP contribution >= 0.6 is 11.3 Å². The summed E-state index contributed by atoms with van der Waals surface area (Å²) in [5, 5.41) is 19.4. The Morgan fingerprint density at radius 2 is 2.19 bits per heavy atom. The smallest absolute Gasteiger partial charge is 0.406 e. The van der Waals surface area contributed by atoms with Crippen molar-refractivity contribution >= 4 is 22.3 Å². The summed E-state index contributed by atoms with van der Waals surface area (Å²) in [4.78, 5) is 22.9. The third-order valence-corrected chi connectivity index (χ3v) is 4.53. The summed E-state index contributed by atoms with van der Waals surface area (Å²) in [6.45, 7) is -0.585. The van der Waals surface area contributed by atoms with E-state index in [4.69, 9.17) is 5.11 Å². The molecule has 0 spiro atoms. The summed E-state index contributed by atoms with van der Waals surface area (Å²) in [6.07, 6.45) is -5.34. The van der Waals surface area contributed by atoms with Gasteiger partial charge in [0.2, 0.25) is 0 Å². The predicted octanol–water partition coefficient (Wildman–Crippen LogP) is 2.50. The van der Waals surface area contributed by atoms with Gasteiger partial charge in [-0.2, -0.15) is 13.2 Å². The van der Waals surface area contributed by atoms with Crippen LogP contribution in [0.5, 0.6) is 0 Å². The highest BCUT2D eigenvalue weighted by Crippen LogP contribution is 2.46. The molecule has 1 aliphatic rings. The van der Waals surface area contributed by atoms with E-state index in [0.717, 1.165) is 11.3 Å². The van der Waals surface area contributed by atoms with Crippen LogP contribution in [-0.4, -0.2) is 40.2 Å². The van der Waals surface area contributed by atoms with Crippen LogP contribution in [0.15, 0.2) is 12.1 Å². The molecule has 6 nitrogen and oxygen atoms in total. The lowest BCUT2D eigenvalue weighted by Crippen LogP contribution is -2.47. The van der Waals surface area contributed by atoms with Crippen molar-refractivity contribution in [3.63, 3.8) is 0 Å². The van der Waals surface area contributed by atoms with Crippen molar-refractivity contribution in [3.05, 3.63) is 27.1 Å². The Kier molecular flexibility index (Phi) is 3.93. The van der Waals surface area contributed by atoms with E-state index in [2.05, 4.69) is 0 Å².